The highest BCUT2D eigenvalue weighted by Gasteiger charge is 2.18. The number of benzene rings is 6. The Balaban J connectivity index is 1.44. The molecule has 7 aromatic rings. The minimum atomic E-state index is 0.715. The Hall–Kier alpha value is -5.02. The molecule has 3 heteroatoms. The third-order valence-electron chi connectivity index (χ3n) is 6.88. The van der Waals surface area contributed by atoms with Crippen molar-refractivity contribution >= 4 is 21.5 Å². The average molecular weight is 474 g/mol. The van der Waals surface area contributed by atoms with Gasteiger partial charge in [-0.05, 0) is 33.4 Å². The van der Waals surface area contributed by atoms with Gasteiger partial charge in [0.25, 0.3) is 0 Å². The van der Waals surface area contributed by atoms with E-state index in [4.69, 9.17) is 10.1 Å². The minimum Gasteiger partial charge on any atom is -0.212 e. The molecule has 0 aliphatic rings. The predicted octanol–water partition coefficient (Wildman–Crippen LogP) is 8.57. The van der Waals surface area contributed by atoms with E-state index in [0.717, 1.165) is 33.4 Å². The van der Waals surface area contributed by atoms with E-state index in [1.54, 1.807) is 0 Å². The van der Waals surface area contributed by atoms with Crippen LogP contribution in [0.25, 0.3) is 61.1 Å². The molecule has 1 aromatic heterocycles. The van der Waals surface area contributed by atoms with E-state index in [9.17, 15) is 0 Å². The molecular formula is C34H23N3. The molecular weight excluding hydrogens is 450 g/mol. The molecule has 0 amide bonds. The summed E-state index contributed by atoms with van der Waals surface area (Å²) in [6.45, 7) is 0. The van der Waals surface area contributed by atoms with E-state index in [1.807, 2.05) is 10.7 Å². The van der Waals surface area contributed by atoms with Crippen LogP contribution in [-0.2, 0) is 0 Å². The van der Waals surface area contributed by atoms with Crippen LogP contribution in [0.4, 0.5) is 0 Å². The van der Waals surface area contributed by atoms with E-state index >= 15 is 0 Å². The molecule has 0 aliphatic heterocycles. The molecule has 0 aliphatic carbocycles. The van der Waals surface area contributed by atoms with Gasteiger partial charge in [-0.1, -0.05) is 133 Å². The molecule has 3 nitrogen and oxygen atoms in total. The van der Waals surface area contributed by atoms with E-state index < -0.39 is 0 Å². The molecule has 0 spiro atoms. The van der Waals surface area contributed by atoms with Gasteiger partial charge in [-0.2, -0.15) is 0 Å². The molecule has 0 bridgehead atoms. The summed E-state index contributed by atoms with van der Waals surface area (Å²) in [5.74, 6) is 1.53. The largest absolute Gasteiger partial charge is 0.212 e. The quantitative estimate of drug-likeness (QED) is 0.256. The van der Waals surface area contributed by atoms with E-state index in [2.05, 4.69) is 133 Å². The van der Waals surface area contributed by atoms with Gasteiger partial charge < -0.3 is 0 Å². The Kier molecular flexibility index (Phi) is 5.11. The Morgan fingerprint density at radius 1 is 0.432 bits per heavy atom. The Morgan fingerprint density at radius 3 is 1.78 bits per heavy atom. The van der Waals surface area contributed by atoms with Gasteiger partial charge in [0.05, 0.1) is 5.69 Å². The maximum atomic E-state index is 5.14. The van der Waals surface area contributed by atoms with Gasteiger partial charge in [0.1, 0.15) is 0 Å². The van der Waals surface area contributed by atoms with Crippen LogP contribution in [-0.4, -0.2) is 14.8 Å². The zero-order valence-corrected chi connectivity index (χ0v) is 20.1. The predicted molar refractivity (Wildman–Crippen MR) is 153 cm³/mol. The zero-order chi connectivity index (χ0) is 24.6. The maximum absolute atomic E-state index is 5.14. The highest BCUT2D eigenvalue weighted by atomic mass is 15.4. The summed E-state index contributed by atoms with van der Waals surface area (Å²) in [4.78, 5) is 5.14. The van der Waals surface area contributed by atoms with Gasteiger partial charge in [-0.3, -0.25) is 0 Å². The fraction of sp³-hybridized carbons (Fsp3) is 0. The fourth-order valence-electron chi connectivity index (χ4n) is 5.04. The van der Waals surface area contributed by atoms with Crippen molar-refractivity contribution in [3.05, 3.63) is 140 Å². The van der Waals surface area contributed by atoms with Crippen molar-refractivity contribution in [2.45, 2.75) is 0 Å². The third-order valence-corrected chi connectivity index (χ3v) is 6.88. The maximum Gasteiger partial charge on any atom is 0.182 e. The van der Waals surface area contributed by atoms with Crippen molar-refractivity contribution in [1.82, 2.24) is 14.8 Å². The monoisotopic (exact) mass is 473 g/mol. The van der Waals surface area contributed by atoms with Gasteiger partial charge in [-0.25, -0.2) is 9.67 Å². The fourth-order valence-corrected chi connectivity index (χ4v) is 5.04. The third kappa shape index (κ3) is 3.78. The standard InChI is InChI=1S/C34H23N3/c1-2-10-24(11-3-1)25-20-22-28(23-21-25)34-35-33(31-18-8-14-26-12-4-6-16-29(26)31)36-37(34)32-19-9-15-27-13-5-7-17-30(27)32/h1-23H. The summed E-state index contributed by atoms with van der Waals surface area (Å²) in [5, 5.41) is 9.75. The van der Waals surface area contributed by atoms with Crippen LogP contribution in [0.15, 0.2) is 140 Å². The average Bonchev–Trinajstić information content (AvgIpc) is 3.42. The Bertz CT molecular complexity index is 1860. The molecule has 37 heavy (non-hydrogen) atoms. The van der Waals surface area contributed by atoms with Crippen LogP contribution >= 0.6 is 0 Å². The van der Waals surface area contributed by atoms with Crippen molar-refractivity contribution in [2.24, 2.45) is 0 Å². The first-order valence-corrected chi connectivity index (χ1v) is 12.4. The first-order valence-electron chi connectivity index (χ1n) is 12.4. The second-order valence-electron chi connectivity index (χ2n) is 9.14. The summed E-state index contributed by atoms with van der Waals surface area (Å²) < 4.78 is 2.00. The lowest BCUT2D eigenvalue weighted by Gasteiger charge is -2.10. The van der Waals surface area contributed by atoms with Crippen LogP contribution in [0, 0.1) is 0 Å². The van der Waals surface area contributed by atoms with Crippen LogP contribution in [0.3, 0.4) is 0 Å². The Morgan fingerprint density at radius 2 is 1.00 bits per heavy atom. The molecule has 1 heterocycles. The molecule has 7 rings (SSSR count). The van der Waals surface area contributed by atoms with Gasteiger partial charge in [0.2, 0.25) is 0 Å². The number of fused-ring (bicyclic) bond motifs is 2. The lowest BCUT2D eigenvalue weighted by atomic mass is 10.0. The zero-order valence-electron chi connectivity index (χ0n) is 20.1. The van der Waals surface area contributed by atoms with Gasteiger partial charge >= 0.3 is 0 Å². The highest BCUT2D eigenvalue weighted by Crippen LogP contribution is 2.33. The number of hydrogen-bond donors (Lipinski definition) is 0. The van der Waals surface area contributed by atoms with Crippen LogP contribution in [0.5, 0.6) is 0 Å². The van der Waals surface area contributed by atoms with E-state index in [-0.39, 0.29) is 0 Å². The summed E-state index contributed by atoms with van der Waals surface area (Å²) >= 11 is 0. The van der Waals surface area contributed by atoms with Crippen molar-refractivity contribution < 1.29 is 0 Å². The minimum absolute atomic E-state index is 0.715. The highest BCUT2D eigenvalue weighted by molar-refractivity contribution is 5.95. The summed E-state index contributed by atoms with van der Waals surface area (Å²) in [7, 11) is 0. The van der Waals surface area contributed by atoms with Crippen molar-refractivity contribution in [1.29, 1.82) is 0 Å². The number of aromatic nitrogens is 3. The molecule has 0 saturated carbocycles. The van der Waals surface area contributed by atoms with Gasteiger partial charge in [-0.15, -0.1) is 5.10 Å². The summed E-state index contributed by atoms with van der Waals surface area (Å²) in [6.07, 6.45) is 0. The molecule has 0 fully saturated rings. The van der Waals surface area contributed by atoms with Crippen molar-refractivity contribution in [3.63, 3.8) is 0 Å². The normalized spacial score (nSPS) is 11.2. The SMILES string of the molecule is c1ccc(-c2ccc(-c3nc(-c4cccc5ccccc45)nn3-c3cccc4ccccc34)cc2)cc1. The molecule has 0 radical (unpaired) electrons. The number of hydrogen-bond acceptors (Lipinski definition) is 2. The second-order valence-corrected chi connectivity index (χ2v) is 9.14. The number of rotatable bonds is 4. The van der Waals surface area contributed by atoms with Crippen molar-refractivity contribution in [2.75, 3.05) is 0 Å². The van der Waals surface area contributed by atoms with Crippen LogP contribution in [0.2, 0.25) is 0 Å². The van der Waals surface area contributed by atoms with Gasteiger partial charge in [0, 0.05) is 16.5 Å². The molecule has 6 aromatic carbocycles. The first kappa shape index (κ1) is 21.3. The summed E-state index contributed by atoms with van der Waals surface area (Å²) in [5.41, 5.74) is 5.43. The van der Waals surface area contributed by atoms with Gasteiger partial charge in [0.15, 0.2) is 11.6 Å². The summed E-state index contributed by atoms with van der Waals surface area (Å²) in [6, 6.07) is 48.5. The lowest BCUT2D eigenvalue weighted by molar-refractivity contribution is 0.898. The van der Waals surface area contributed by atoms with E-state index in [0.29, 0.717) is 5.82 Å². The topological polar surface area (TPSA) is 30.7 Å². The molecule has 0 unspecified atom stereocenters. The number of nitrogens with zero attached hydrogens (tertiary/aromatic N) is 3. The van der Waals surface area contributed by atoms with E-state index in [1.165, 1.54) is 21.9 Å². The molecule has 0 atom stereocenters. The lowest BCUT2D eigenvalue weighted by Crippen LogP contribution is -2.00. The Labute approximate surface area is 215 Å². The molecule has 174 valence electrons. The smallest absolute Gasteiger partial charge is 0.182 e. The van der Waals surface area contributed by atoms with Crippen LogP contribution < -0.4 is 0 Å². The molecule has 0 saturated heterocycles. The molecule has 0 N–H and O–H groups in total. The van der Waals surface area contributed by atoms with Crippen LogP contribution in [0.1, 0.15) is 0 Å². The van der Waals surface area contributed by atoms with Crippen molar-refractivity contribution in [3.8, 4) is 39.6 Å². The first-order chi connectivity index (χ1) is 18.3. The second kappa shape index (κ2) is 8.89.